The molecule has 7 aromatic rings. The van der Waals surface area contributed by atoms with Gasteiger partial charge in [0.25, 0.3) is 5.91 Å². The average molecular weight is 741 g/mol. The molecule has 2 N–H and O–H groups in total. The van der Waals surface area contributed by atoms with Gasteiger partial charge < -0.3 is 19.6 Å². The van der Waals surface area contributed by atoms with E-state index in [2.05, 4.69) is 5.32 Å². The van der Waals surface area contributed by atoms with Gasteiger partial charge in [-0.25, -0.2) is 27.2 Å². The fraction of sp³-hybridized carbons (Fsp3) is 0.237. The van der Waals surface area contributed by atoms with Crippen molar-refractivity contribution in [3.8, 4) is 22.6 Å². The number of likely N-dealkylation sites (tertiary alicyclic amines) is 1. The van der Waals surface area contributed by atoms with Crippen LogP contribution in [-0.2, 0) is 21.3 Å². The van der Waals surface area contributed by atoms with E-state index >= 15 is 4.39 Å². The third kappa shape index (κ3) is 5.85. The number of nitrogens with one attached hydrogen (secondary N) is 1. The molecule has 0 saturated carbocycles. The maximum Gasteiger partial charge on any atom is 0.255 e. The molecule has 4 aromatic heterocycles. The molecule has 1 saturated heterocycles. The number of aromatic nitrogens is 3. The second-order valence-electron chi connectivity index (χ2n) is 13.2. The first kappa shape index (κ1) is 34.6. The summed E-state index contributed by atoms with van der Waals surface area (Å²) < 4.78 is 69.6. The van der Waals surface area contributed by atoms with Crippen LogP contribution in [0.2, 0.25) is 0 Å². The molecule has 53 heavy (non-hydrogen) atoms. The number of anilines is 1. The van der Waals surface area contributed by atoms with Crippen LogP contribution in [0.3, 0.4) is 0 Å². The number of amides is 1. The minimum Gasteiger partial charge on any atom is -0.455 e. The summed E-state index contributed by atoms with van der Waals surface area (Å²) in [5.41, 5.74) is 3.87. The summed E-state index contributed by atoms with van der Waals surface area (Å²) in [5.74, 6) is -1.84. The van der Waals surface area contributed by atoms with Gasteiger partial charge in [-0.15, -0.1) is 0 Å². The molecule has 272 valence electrons. The third-order valence-corrected chi connectivity index (χ3v) is 11.1. The highest BCUT2D eigenvalue weighted by atomic mass is 32.2. The number of sulfonamides is 1. The van der Waals surface area contributed by atoms with E-state index in [1.807, 2.05) is 9.30 Å². The Kier molecular flexibility index (Phi) is 8.21. The number of hydrogen-bond donors (Lipinski definition) is 2. The molecule has 1 atom stereocenters. The SMILES string of the molecule is CNC(=O)c1c(-c2ccc(F)cc2)oc2cc(N(C)S(C)(=O)=O)c(-c3ccc4nc(CN5CC[C@](O)(OC)C5)n5c6cccc(F)c6cc5c4n3)cc12. The summed E-state index contributed by atoms with van der Waals surface area (Å²) in [7, 11) is 0.540. The van der Waals surface area contributed by atoms with Crippen molar-refractivity contribution >= 4 is 60.0 Å². The van der Waals surface area contributed by atoms with Crippen molar-refractivity contribution in [3.05, 3.63) is 95.8 Å². The predicted octanol–water partition coefficient (Wildman–Crippen LogP) is 5.69. The monoisotopic (exact) mass is 740 g/mol. The first-order chi connectivity index (χ1) is 25.3. The van der Waals surface area contributed by atoms with Gasteiger partial charge >= 0.3 is 0 Å². The number of nitrogens with zero attached hydrogens (tertiary/aromatic N) is 5. The number of furan rings is 1. The van der Waals surface area contributed by atoms with Crippen LogP contribution in [0.4, 0.5) is 14.5 Å². The number of benzene rings is 3. The number of methoxy groups -OCH3 is 1. The van der Waals surface area contributed by atoms with Crippen LogP contribution in [-0.4, -0.2) is 85.0 Å². The van der Waals surface area contributed by atoms with Gasteiger partial charge in [0.1, 0.15) is 34.3 Å². The van der Waals surface area contributed by atoms with Crippen LogP contribution in [0.5, 0.6) is 0 Å². The van der Waals surface area contributed by atoms with Crippen LogP contribution < -0.4 is 9.62 Å². The van der Waals surface area contributed by atoms with E-state index in [-0.39, 0.29) is 29.1 Å². The van der Waals surface area contributed by atoms with Crippen molar-refractivity contribution in [2.24, 2.45) is 0 Å². The third-order valence-electron chi connectivity index (χ3n) is 9.93. The van der Waals surface area contributed by atoms with Crippen LogP contribution in [0.1, 0.15) is 22.6 Å². The normalized spacial score (nSPS) is 16.7. The van der Waals surface area contributed by atoms with Crippen LogP contribution in [0.15, 0.2) is 77.2 Å². The topological polar surface area (TPSA) is 143 Å². The molecule has 0 unspecified atom stereocenters. The van der Waals surface area contributed by atoms with Crippen molar-refractivity contribution in [2.45, 2.75) is 18.8 Å². The lowest BCUT2D eigenvalue weighted by molar-refractivity contribution is -0.173. The van der Waals surface area contributed by atoms with Crippen molar-refractivity contribution in [2.75, 3.05) is 44.9 Å². The molecular weight excluding hydrogens is 707 g/mol. The Hall–Kier alpha value is -5.48. The zero-order valence-corrected chi connectivity index (χ0v) is 30.0. The molecule has 0 bridgehead atoms. The fourth-order valence-corrected chi connectivity index (χ4v) is 7.60. The summed E-state index contributed by atoms with van der Waals surface area (Å²) in [4.78, 5) is 25.4. The van der Waals surface area contributed by atoms with Crippen molar-refractivity contribution in [1.82, 2.24) is 24.6 Å². The summed E-state index contributed by atoms with van der Waals surface area (Å²) >= 11 is 0. The highest BCUT2D eigenvalue weighted by Crippen LogP contribution is 2.42. The number of carbonyl (C=O) groups excluding carboxylic acids is 1. The average Bonchev–Trinajstić information content (AvgIpc) is 3.84. The Morgan fingerprint density at radius 2 is 1.83 bits per heavy atom. The zero-order valence-electron chi connectivity index (χ0n) is 29.1. The Morgan fingerprint density at radius 3 is 2.53 bits per heavy atom. The maximum absolute atomic E-state index is 15.3. The van der Waals surface area contributed by atoms with E-state index in [4.69, 9.17) is 19.1 Å². The van der Waals surface area contributed by atoms with Gasteiger partial charge in [-0.2, -0.15) is 0 Å². The second kappa shape index (κ2) is 12.6. The molecule has 1 fully saturated rings. The quantitative estimate of drug-likeness (QED) is 0.188. The van der Waals surface area contributed by atoms with Gasteiger partial charge in [0.2, 0.25) is 10.0 Å². The lowest BCUT2D eigenvalue weighted by Crippen LogP contribution is -2.35. The zero-order chi connectivity index (χ0) is 37.4. The molecule has 0 spiro atoms. The number of fused-ring (bicyclic) bond motifs is 6. The number of ether oxygens (including phenoxy) is 1. The molecule has 0 radical (unpaired) electrons. The number of hydrogen-bond acceptors (Lipinski definition) is 9. The first-order valence-corrected chi connectivity index (χ1v) is 18.6. The smallest absolute Gasteiger partial charge is 0.255 e. The number of aliphatic hydroxyl groups is 1. The van der Waals surface area contributed by atoms with Gasteiger partial charge in [0.15, 0.2) is 5.79 Å². The van der Waals surface area contributed by atoms with Crippen molar-refractivity contribution in [1.29, 1.82) is 0 Å². The van der Waals surface area contributed by atoms with E-state index < -0.39 is 33.4 Å². The minimum absolute atomic E-state index is 0.175. The number of carbonyl (C=O) groups is 1. The molecular formula is C38H34F2N6O6S. The van der Waals surface area contributed by atoms with Gasteiger partial charge in [-0.3, -0.25) is 18.4 Å². The van der Waals surface area contributed by atoms with Crippen LogP contribution >= 0.6 is 0 Å². The molecule has 8 rings (SSSR count). The Bertz CT molecular complexity index is 2730. The summed E-state index contributed by atoms with van der Waals surface area (Å²) in [6, 6.07) is 18.7. The number of rotatable bonds is 8. The predicted molar refractivity (Wildman–Crippen MR) is 197 cm³/mol. The van der Waals surface area contributed by atoms with E-state index in [0.717, 1.165) is 10.6 Å². The van der Waals surface area contributed by atoms with Gasteiger partial charge in [0, 0.05) is 62.1 Å². The number of pyridine rings is 1. The number of β-amino-alcohol motifs (C(OH)–C–C–N with tert-alkyl or cyclic N) is 1. The lowest BCUT2D eigenvalue weighted by atomic mass is 10.0. The first-order valence-electron chi connectivity index (χ1n) is 16.7. The minimum atomic E-state index is -3.81. The molecule has 3 aromatic carbocycles. The Labute approximate surface area is 302 Å². The molecule has 15 heteroatoms. The van der Waals surface area contributed by atoms with Crippen molar-refractivity contribution in [3.63, 3.8) is 0 Å². The molecule has 1 amide bonds. The highest BCUT2D eigenvalue weighted by Gasteiger charge is 2.36. The van der Waals surface area contributed by atoms with Gasteiger partial charge in [-0.05, 0) is 60.7 Å². The highest BCUT2D eigenvalue weighted by molar-refractivity contribution is 7.92. The maximum atomic E-state index is 15.3. The van der Waals surface area contributed by atoms with Crippen LogP contribution in [0, 0.1) is 11.6 Å². The van der Waals surface area contributed by atoms with E-state index in [0.29, 0.717) is 75.0 Å². The molecule has 0 aliphatic carbocycles. The molecule has 1 aliphatic heterocycles. The van der Waals surface area contributed by atoms with Crippen molar-refractivity contribution < 1.29 is 36.3 Å². The number of halogens is 2. The summed E-state index contributed by atoms with van der Waals surface area (Å²) in [6.45, 7) is 1.16. The lowest BCUT2D eigenvalue weighted by Gasteiger charge is -2.22. The van der Waals surface area contributed by atoms with Gasteiger partial charge in [0.05, 0.1) is 52.8 Å². The fourth-order valence-electron chi connectivity index (χ4n) is 7.10. The second-order valence-corrected chi connectivity index (χ2v) is 15.2. The Morgan fingerprint density at radius 1 is 1.06 bits per heavy atom. The van der Waals surface area contributed by atoms with E-state index in [1.165, 1.54) is 57.6 Å². The molecule has 12 nitrogen and oxygen atoms in total. The van der Waals surface area contributed by atoms with Gasteiger partial charge in [-0.1, -0.05) is 6.07 Å². The summed E-state index contributed by atoms with van der Waals surface area (Å²) in [6.07, 6.45) is 1.49. The Balaban J connectivity index is 1.37. The van der Waals surface area contributed by atoms with E-state index in [9.17, 15) is 22.7 Å². The molecule has 1 aliphatic rings. The van der Waals surface area contributed by atoms with Crippen LogP contribution in [0.25, 0.3) is 61.0 Å². The molecule has 5 heterocycles. The van der Waals surface area contributed by atoms with E-state index in [1.54, 1.807) is 36.4 Å². The standard InChI is InChI=1S/C38H34F2N6O6S/c1-41-37(47)34-25-16-24(30(44(2)53(4,49)50)18-32(25)52-36(34)21-8-10-22(39)11-9-21)27-12-13-28-35(43-27)31-17-23-26(40)6-5-7-29(23)46(31)33(42-28)19-45-15-14-38(48,20-45)51-3/h5-13,16-18,48H,14-15,19-20H2,1-4H3,(H,41,47)/t38-/m0/s1. The summed E-state index contributed by atoms with van der Waals surface area (Å²) in [5, 5.41) is 14.1. The largest absolute Gasteiger partial charge is 0.455 e.